The average molecular weight is 294 g/mol. The van der Waals surface area contributed by atoms with Gasteiger partial charge < -0.3 is 5.32 Å². The molecule has 0 aliphatic rings. The molecule has 22 heavy (non-hydrogen) atoms. The van der Waals surface area contributed by atoms with E-state index in [1.807, 2.05) is 37.3 Å². The summed E-state index contributed by atoms with van der Waals surface area (Å²) in [5, 5.41) is 7.31. The van der Waals surface area contributed by atoms with Crippen LogP contribution in [0.25, 0.3) is 5.65 Å². The van der Waals surface area contributed by atoms with E-state index in [-0.39, 0.29) is 5.91 Å². The lowest BCUT2D eigenvalue weighted by atomic mass is 10.0. The van der Waals surface area contributed by atoms with Crippen molar-refractivity contribution in [1.29, 1.82) is 0 Å². The van der Waals surface area contributed by atoms with Crippen LogP contribution in [0, 0.1) is 6.92 Å². The molecule has 0 fully saturated rings. The van der Waals surface area contributed by atoms with Crippen LogP contribution < -0.4 is 5.32 Å². The molecular formula is C17H18N4O. The number of amides is 1. The minimum Gasteiger partial charge on any atom is -0.320 e. The number of carbonyl (C=O) groups is 1. The Morgan fingerprint density at radius 1 is 1.23 bits per heavy atom. The molecule has 0 saturated heterocycles. The number of para-hydroxylation sites is 1. The van der Waals surface area contributed by atoms with Gasteiger partial charge in [0, 0.05) is 18.0 Å². The molecule has 0 bridgehead atoms. The highest BCUT2D eigenvalue weighted by atomic mass is 16.2. The van der Waals surface area contributed by atoms with Gasteiger partial charge in [0.05, 0.1) is 5.69 Å². The van der Waals surface area contributed by atoms with Gasteiger partial charge in [-0.1, -0.05) is 32.0 Å². The number of carbonyl (C=O) groups excluding carboxylic acids is 1. The molecule has 0 unspecified atom stereocenters. The highest BCUT2D eigenvalue weighted by Crippen LogP contribution is 2.24. The number of nitrogens with one attached hydrogen (secondary N) is 1. The molecule has 1 amide bonds. The summed E-state index contributed by atoms with van der Waals surface area (Å²) in [6.07, 6.45) is 1.62. The van der Waals surface area contributed by atoms with Crippen LogP contribution in [0.2, 0.25) is 0 Å². The first kappa shape index (κ1) is 14.3. The minimum atomic E-state index is -0.191. The molecule has 0 spiro atoms. The summed E-state index contributed by atoms with van der Waals surface area (Å²) in [5.41, 5.74) is 3.91. The van der Waals surface area contributed by atoms with Gasteiger partial charge >= 0.3 is 0 Å². The zero-order chi connectivity index (χ0) is 15.7. The highest BCUT2D eigenvalue weighted by molar-refractivity contribution is 6.03. The monoisotopic (exact) mass is 294 g/mol. The van der Waals surface area contributed by atoms with E-state index in [0.29, 0.717) is 17.3 Å². The van der Waals surface area contributed by atoms with Crippen molar-refractivity contribution >= 4 is 17.2 Å². The molecule has 112 valence electrons. The van der Waals surface area contributed by atoms with E-state index in [1.54, 1.807) is 16.8 Å². The standard InChI is InChI=1S/C17H18N4O/c1-11(2)13-6-4-5-7-14(13)19-17(22)15-8-9-18-16-10-12(3)20-21(15)16/h4-11H,1-3H3,(H,19,22). The predicted octanol–water partition coefficient (Wildman–Crippen LogP) is 3.41. The van der Waals surface area contributed by atoms with E-state index in [2.05, 4.69) is 29.2 Å². The van der Waals surface area contributed by atoms with Gasteiger partial charge in [-0.05, 0) is 30.5 Å². The zero-order valence-electron chi connectivity index (χ0n) is 12.9. The smallest absolute Gasteiger partial charge is 0.274 e. The number of aromatic nitrogens is 3. The first-order valence-electron chi connectivity index (χ1n) is 7.28. The van der Waals surface area contributed by atoms with Gasteiger partial charge in [-0.25, -0.2) is 9.50 Å². The Labute approximate surface area is 129 Å². The number of hydrogen-bond acceptors (Lipinski definition) is 3. The van der Waals surface area contributed by atoms with E-state index in [4.69, 9.17) is 0 Å². The molecule has 2 aromatic heterocycles. The SMILES string of the molecule is Cc1cc2nccc(C(=O)Nc3ccccc3C(C)C)n2n1. The fourth-order valence-corrected chi connectivity index (χ4v) is 2.48. The second-order valence-corrected chi connectivity index (χ2v) is 5.58. The zero-order valence-corrected chi connectivity index (χ0v) is 12.9. The van der Waals surface area contributed by atoms with E-state index in [0.717, 1.165) is 16.9 Å². The first-order chi connectivity index (χ1) is 10.6. The van der Waals surface area contributed by atoms with Gasteiger partial charge in [0.25, 0.3) is 5.91 Å². The van der Waals surface area contributed by atoms with Gasteiger partial charge in [0.1, 0.15) is 5.69 Å². The van der Waals surface area contributed by atoms with Crippen LogP contribution in [0.4, 0.5) is 5.69 Å². The summed E-state index contributed by atoms with van der Waals surface area (Å²) < 4.78 is 1.57. The summed E-state index contributed by atoms with van der Waals surface area (Å²) in [6.45, 7) is 6.09. The number of nitrogens with zero attached hydrogens (tertiary/aromatic N) is 3. The van der Waals surface area contributed by atoms with E-state index < -0.39 is 0 Å². The molecular weight excluding hydrogens is 276 g/mol. The van der Waals surface area contributed by atoms with Crippen molar-refractivity contribution in [1.82, 2.24) is 14.6 Å². The lowest BCUT2D eigenvalue weighted by Crippen LogP contribution is -2.18. The average Bonchev–Trinajstić information content (AvgIpc) is 2.87. The summed E-state index contributed by atoms with van der Waals surface area (Å²) in [7, 11) is 0. The summed E-state index contributed by atoms with van der Waals surface area (Å²) in [4.78, 5) is 16.8. The maximum Gasteiger partial charge on any atom is 0.274 e. The fraction of sp³-hybridized carbons (Fsp3) is 0.235. The molecule has 1 N–H and O–H groups in total. The molecule has 0 radical (unpaired) electrons. The minimum absolute atomic E-state index is 0.191. The van der Waals surface area contributed by atoms with E-state index >= 15 is 0 Å². The predicted molar refractivity (Wildman–Crippen MR) is 86.2 cm³/mol. The maximum atomic E-state index is 12.6. The molecule has 3 rings (SSSR count). The van der Waals surface area contributed by atoms with Gasteiger partial charge in [0.2, 0.25) is 0 Å². The van der Waals surface area contributed by atoms with Crippen LogP contribution in [-0.4, -0.2) is 20.5 Å². The van der Waals surface area contributed by atoms with Gasteiger partial charge in [-0.15, -0.1) is 0 Å². The molecule has 3 aromatic rings. The normalized spacial score (nSPS) is 11.1. The number of benzene rings is 1. The van der Waals surface area contributed by atoms with E-state index in [9.17, 15) is 4.79 Å². The number of anilines is 1. The Kier molecular flexibility index (Phi) is 3.63. The van der Waals surface area contributed by atoms with Crippen molar-refractivity contribution in [2.24, 2.45) is 0 Å². The molecule has 1 aromatic carbocycles. The van der Waals surface area contributed by atoms with Crippen LogP contribution in [0.1, 0.15) is 41.5 Å². The Bertz CT molecular complexity index is 836. The Balaban J connectivity index is 1.98. The molecule has 0 aliphatic heterocycles. The van der Waals surface area contributed by atoms with Crippen LogP contribution in [-0.2, 0) is 0 Å². The number of hydrogen-bond donors (Lipinski definition) is 1. The quantitative estimate of drug-likeness (QED) is 0.805. The van der Waals surface area contributed by atoms with Crippen LogP contribution in [0.3, 0.4) is 0 Å². The number of rotatable bonds is 3. The summed E-state index contributed by atoms with van der Waals surface area (Å²) in [5.74, 6) is 0.143. The third kappa shape index (κ3) is 2.57. The number of fused-ring (bicyclic) bond motifs is 1. The first-order valence-corrected chi connectivity index (χ1v) is 7.28. The Morgan fingerprint density at radius 2 is 2.00 bits per heavy atom. The van der Waals surface area contributed by atoms with Crippen molar-refractivity contribution in [2.45, 2.75) is 26.7 Å². The molecule has 0 saturated carbocycles. The lowest BCUT2D eigenvalue weighted by molar-refractivity contribution is 0.101. The molecule has 5 heteroatoms. The molecule has 5 nitrogen and oxygen atoms in total. The van der Waals surface area contributed by atoms with Crippen molar-refractivity contribution in [3.05, 3.63) is 59.5 Å². The fourth-order valence-electron chi connectivity index (χ4n) is 2.48. The van der Waals surface area contributed by atoms with Crippen LogP contribution in [0.5, 0.6) is 0 Å². The van der Waals surface area contributed by atoms with Crippen LogP contribution >= 0.6 is 0 Å². The second kappa shape index (κ2) is 5.60. The summed E-state index contributed by atoms with van der Waals surface area (Å²) >= 11 is 0. The van der Waals surface area contributed by atoms with Crippen LogP contribution in [0.15, 0.2) is 42.6 Å². The van der Waals surface area contributed by atoms with Crippen molar-refractivity contribution in [2.75, 3.05) is 5.32 Å². The van der Waals surface area contributed by atoms with Crippen molar-refractivity contribution in [3.8, 4) is 0 Å². The number of aryl methyl sites for hydroxylation is 1. The lowest BCUT2D eigenvalue weighted by Gasteiger charge is -2.13. The largest absolute Gasteiger partial charge is 0.320 e. The maximum absolute atomic E-state index is 12.6. The molecule has 0 atom stereocenters. The highest BCUT2D eigenvalue weighted by Gasteiger charge is 2.14. The third-order valence-electron chi connectivity index (χ3n) is 3.54. The Morgan fingerprint density at radius 3 is 2.77 bits per heavy atom. The summed E-state index contributed by atoms with van der Waals surface area (Å²) in [6, 6.07) is 11.4. The topological polar surface area (TPSA) is 59.3 Å². The van der Waals surface area contributed by atoms with Crippen molar-refractivity contribution in [3.63, 3.8) is 0 Å². The van der Waals surface area contributed by atoms with Gasteiger partial charge in [0.15, 0.2) is 5.65 Å². The Hall–Kier alpha value is -2.69. The molecule has 0 aliphatic carbocycles. The van der Waals surface area contributed by atoms with Crippen molar-refractivity contribution < 1.29 is 4.79 Å². The van der Waals surface area contributed by atoms with Gasteiger partial charge in [-0.2, -0.15) is 5.10 Å². The second-order valence-electron chi connectivity index (χ2n) is 5.58. The van der Waals surface area contributed by atoms with E-state index in [1.165, 1.54) is 0 Å². The van der Waals surface area contributed by atoms with Gasteiger partial charge in [-0.3, -0.25) is 4.79 Å². The third-order valence-corrected chi connectivity index (χ3v) is 3.54. The molecule has 2 heterocycles.